The Bertz CT molecular complexity index is 1010. The molecule has 1 unspecified atom stereocenters. The van der Waals surface area contributed by atoms with Gasteiger partial charge < -0.3 is 0 Å². The maximum absolute atomic E-state index is 12.7. The molecule has 1 aromatic heterocycles. The van der Waals surface area contributed by atoms with Gasteiger partial charge in [0.15, 0.2) is 16.8 Å². The van der Waals surface area contributed by atoms with E-state index in [9.17, 15) is 4.79 Å². The summed E-state index contributed by atoms with van der Waals surface area (Å²) in [5, 5.41) is 10.2. The lowest BCUT2D eigenvalue weighted by Crippen LogP contribution is -2.20. The molecule has 2 aromatic carbocycles. The summed E-state index contributed by atoms with van der Waals surface area (Å²) >= 11 is 7.46. The maximum atomic E-state index is 12.7. The Hall–Kier alpha value is -2.15. The number of rotatable bonds is 7. The van der Waals surface area contributed by atoms with Gasteiger partial charge in [0.2, 0.25) is 0 Å². The van der Waals surface area contributed by atoms with Gasteiger partial charge in [-0.05, 0) is 76.3 Å². The number of benzene rings is 2. The minimum absolute atomic E-state index is 0.0583. The molecule has 0 saturated carbocycles. The van der Waals surface area contributed by atoms with E-state index in [1.807, 2.05) is 75.0 Å². The fraction of sp³-hybridized carbons (Fsp3) is 0.318. The van der Waals surface area contributed by atoms with Crippen molar-refractivity contribution in [2.75, 3.05) is 19.8 Å². The van der Waals surface area contributed by atoms with E-state index in [2.05, 4.69) is 22.0 Å². The summed E-state index contributed by atoms with van der Waals surface area (Å²) in [6.07, 6.45) is 0. The van der Waals surface area contributed by atoms with Gasteiger partial charge in [0.1, 0.15) is 0 Å². The Morgan fingerprint density at radius 2 is 1.79 bits per heavy atom. The molecule has 7 heteroatoms. The van der Waals surface area contributed by atoms with E-state index in [1.165, 1.54) is 17.3 Å². The fourth-order valence-corrected chi connectivity index (χ4v) is 3.82. The quantitative estimate of drug-likeness (QED) is 0.385. The van der Waals surface area contributed by atoms with E-state index in [1.54, 1.807) is 0 Å². The molecule has 0 amide bonds. The van der Waals surface area contributed by atoms with Crippen LogP contribution in [0.1, 0.15) is 40.3 Å². The molecule has 1 heterocycles. The standard InChI is InChI=1S/C22H25ClN4OS/c1-14-6-7-17(12-15(14)2)20(28)13-29-22-25-24-21(16(3)26(4)5)27(22)19-10-8-18(23)9-11-19/h6-12,16H,13H2,1-5H3. The highest BCUT2D eigenvalue weighted by molar-refractivity contribution is 7.99. The maximum Gasteiger partial charge on any atom is 0.196 e. The van der Waals surface area contributed by atoms with Crippen molar-refractivity contribution >= 4 is 29.1 Å². The van der Waals surface area contributed by atoms with E-state index < -0.39 is 0 Å². The first-order valence-electron chi connectivity index (χ1n) is 9.39. The molecular weight excluding hydrogens is 404 g/mol. The van der Waals surface area contributed by atoms with Crippen LogP contribution in [0.25, 0.3) is 5.69 Å². The lowest BCUT2D eigenvalue weighted by atomic mass is 10.0. The van der Waals surface area contributed by atoms with E-state index in [-0.39, 0.29) is 11.8 Å². The smallest absolute Gasteiger partial charge is 0.196 e. The van der Waals surface area contributed by atoms with Crippen molar-refractivity contribution in [3.05, 3.63) is 70.0 Å². The first-order chi connectivity index (χ1) is 13.8. The first-order valence-corrected chi connectivity index (χ1v) is 10.7. The fourth-order valence-electron chi connectivity index (χ4n) is 2.84. The third-order valence-corrected chi connectivity index (χ3v) is 6.23. The van der Waals surface area contributed by atoms with Gasteiger partial charge in [0.25, 0.3) is 0 Å². The van der Waals surface area contributed by atoms with Crippen LogP contribution in [-0.2, 0) is 0 Å². The van der Waals surface area contributed by atoms with Crippen LogP contribution in [0, 0.1) is 13.8 Å². The van der Waals surface area contributed by atoms with E-state index in [0.29, 0.717) is 15.9 Å². The largest absolute Gasteiger partial charge is 0.300 e. The van der Waals surface area contributed by atoms with Gasteiger partial charge in [0.05, 0.1) is 11.8 Å². The van der Waals surface area contributed by atoms with Gasteiger partial charge in [0, 0.05) is 16.3 Å². The lowest BCUT2D eigenvalue weighted by molar-refractivity contribution is 0.102. The molecule has 0 saturated heterocycles. The normalized spacial score (nSPS) is 12.4. The average Bonchev–Trinajstić information content (AvgIpc) is 3.11. The highest BCUT2D eigenvalue weighted by Gasteiger charge is 2.21. The van der Waals surface area contributed by atoms with Crippen molar-refractivity contribution in [2.45, 2.75) is 32.0 Å². The molecule has 29 heavy (non-hydrogen) atoms. The van der Waals surface area contributed by atoms with Gasteiger partial charge >= 0.3 is 0 Å². The zero-order valence-electron chi connectivity index (χ0n) is 17.3. The van der Waals surface area contributed by atoms with Crippen LogP contribution >= 0.6 is 23.4 Å². The summed E-state index contributed by atoms with van der Waals surface area (Å²) in [4.78, 5) is 14.8. The second-order valence-corrected chi connectivity index (χ2v) is 8.68. The number of ketones is 1. The van der Waals surface area contributed by atoms with Crippen molar-refractivity contribution < 1.29 is 4.79 Å². The highest BCUT2D eigenvalue weighted by atomic mass is 35.5. The van der Waals surface area contributed by atoms with Crippen molar-refractivity contribution in [1.29, 1.82) is 0 Å². The number of aryl methyl sites for hydroxylation is 2. The molecular formula is C22H25ClN4OS. The monoisotopic (exact) mass is 428 g/mol. The third-order valence-electron chi connectivity index (χ3n) is 5.05. The van der Waals surface area contributed by atoms with Gasteiger partial charge in [-0.25, -0.2) is 0 Å². The number of thioether (sulfide) groups is 1. The van der Waals surface area contributed by atoms with E-state index in [0.717, 1.165) is 22.6 Å². The van der Waals surface area contributed by atoms with Crippen molar-refractivity contribution in [1.82, 2.24) is 19.7 Å². The third kappa shape index (κ3) is 4.89. The molecule has 0 bridgehead atoms. The molecule has 0 aliphatic heterocycles. The molecule has 152 valence electrons. The zero-order valence-corrected chi connectivity index (χ0v) is 18.9. The number of hydrogen-bond donors (Lipinski definition) is 0. The van der Waals surface area contributed by atoms with Crippen LogP contribution in [0.4, 0.5) is 0 Å². The first kappa shape index (κ1) is 21.6. The lowest BCUT2D eigenvalue weighted by Gasteiger charge is -2.20. The zero-order chi connectivity index (χ0) is 21.1. The second-order valence-electron chi connectivity index (χ2n) is 7.30. The van der Waals surface area contributed by atoms with Crippen LogP contribution in [-0.4, -0.2) is 45.3 Å². The summed E-state index contributed by atoms with van der Waals surface area (Å²) < 4.78 is 2.00. The molecule has 0 fully saturated rings. The number of carbonyl (C=O) groups is 1. The minimum Gasteiger partial charge on any atom is -0.300 e. The predicted molar refractivity (Wildman–Crippen MR) is 119 cm³/mol. The SMILES string of the molecule is Cc1ccc(C(=O)CSc2nnc(C(C)N(C)C)n2-c2ccc(Cl)cc2)cc1C. The number of carbonyl (C=O) groups excluding carboxylic acids is 1. The number of halogens is 1. The Morgan fingerprint density at radius 1 is 1.10 bits per heavy atom. The van der Waals surface area contributed by atoms with Crippen LogP contribution in [0.15, 0.2) is 47.6 Å². The number of nitrogens with zero attached hydrogens (tertiary/aromatic N) is 4. The van der Waals surface area contributed by atoms with Crippen LogP contribution in [0.5, 0.6) is 0 Å². The summed E-state index contributed by atoms with van der Waals surface area (Å²) in [5.41, 5.74) is 3.94. The van der Waals surface area contributed by atoms with Gasteiger partial charge in [-0.15, -0.1) is 10.2 Å². The minimum atomic E-state index is 0.0583. The molecule has 0 aliphatic rings. The van der Waals surface area contributed by atoms with Crippen LogP contribution < -0.4 is 0 Å². The van der Waals surface area contributed by atoms with Crippen LogP contribution in [0.2, 0.25) is 5.02 Å². The summed E-state index contributed by atoms with van der Waals surface area (Å²) in [6, 6.07) is 13.4. The van der Waals surface area contributed by atoms with Crippen molar-refractivity contribution in [3.8, 4) is 5.69 Å². The molecule has 0 aliphatic carbocycles. The summed E-state index contributed by atoms with van der Waals surface area (Å²) in [5.74, 6) is 1.19. The number of Topliss-reactive ketones (excluding diaryl/α,β-unsaturated/α-hetero) is 1. The molecule has 3 rings (SSSR count). The molecule has 0 spiro atoms. The molecule has 5 nitrogen and oxygen atoms in total. The highest BCUT2D eigenvalue weighted by Crippen LogP contribution is 2.28. The van der Waals surface area contributed by atoms with Gasteiger partial charge in [-0.3, -0.25) is 14.3 Å². The Labute approximate surface area is 181 Å². The van der Waals surface area contributed by atoms with Crippen molar-refractivity contribution in [2.24, 2.45) is 0 Å². The van der Waals surface area contributed by atoms with Crippen molar-refractivity contribution in [3.63, 3.8) is 0 Å². The predicted octanol–water partition coefficient (Wildman–Crippen LogP) is 5.14. The number of aromatic nitrogens is 3. The molecule has 1 atom stereocenters. The van der Waals surface area contributed by atoms with E-state index >= 15 is 0 Å². The Kier molecular flexibility index (Phi) is 6.77. The Balaban J connectivity index is 1.89. The second kappa shape index (κ2) is 9.11. The van der Waals surface area contributed by atoms with Gasteiger partial charge in [-0.2, -0.15) is 0 Å². The molecule has 3 aromatic rings. The Morgan fingerprint density at radius 3 is 2.41 bits per heavy atom. The summed E-state index contributed by atoms with van der Waals surface area (Å²) in [7, 11) is 4.00. The van der Waals surface area contributed by atoms with Crippen LogP contribution in [0.3, 0.4) is 0 Å². The molecule has 0 N–H and O–H groups in total. The van der Waals surface area contributed by atoms with E-state index in [4.69, 9.17) is 11.6 Å². The van der Waals surface area contributed by atoms with Gasteiger partial charge in [-0.1, -0.05) is 35.5 Å². The number of hydrogen-bond acceptors (Lipinski definition) is 5. The topological polar surface area (TPSA) is 51.0 Å². The average molecular weight is 429 g/mol. The molecule has 0 radical (unpaired) electrons. The summed E-state index contributed by atoms with van der Waals surface area (Å²) in [6.45, 7) is 6.14.